The van der Waals surface area contributed by atoms with Gasteiger partial charge in [0.25, 0.3) is 5.91 Å². The number of nitrogens with one attached hydrogen (secondary N) is 1. The molecule has 4 rings (SSSR count). The Morgan fingerprint density at radius 2 is 1.75 bits per heavy atom. The predicted molar refractivity (Wildman–Crippen MR) is 111 cm³/mol. The van der Waals surface area contributed by atoms with Crippen molar-refractivity contribution in [1.29, 1.82) is 0 Å². The minimum absolute atomic E-state index is 0.0000607. The van der Waals surface area contributed by atoms with Crippen LogP contribution in [-0.4, -0.2) is 26.8 Å². The highest BCUT2D eigenvalue weighted by Crippen LogP contribution is 2.44. The maximum atomic E-state index is 14.6. The van der Waals surface area contributed by atoms with Crippen LogP contribution in [0.5, 0.6) is 0 Å². The number of carbonyl (C=O) groups is 1. The van der Waals surface area contributed by atoms with E-state index in [0.717, 1.165) is 18.2 Å². The lowest BCUT2D eigenvalue weighted by Gasteiger charge is -2.30. The van der Waals surface area contributed by atoms with Crippen LogP contribution in [-0.2, 0) is 0 Å². The molecule has 166 valence electrons. The molecule has 0 radical (unpaired) electrons. The summed E-state index contributed by atoms with van der Waals surface area (Å²) in [6.07, 6.45) is 3.56. The summed E-state index contributed by atoms with van der Waals surface area (Å²) in [7, 11) is 0. The molecule has 1 aliphatic carbocycles. The average Bonchev–Trinajstić information content (AvgIpc) is 2.76. The normalized spacial score (nSPS) is 16.0. The van der Waals surface area contributed by atoms with Gasteiger partial charge in [0.15, 0.2) is 0 Å². The Labute approximate surface area is 185 Å². The number of halogens is 5. The molecule has 1 saturated carbocycles. The monoisotopic (exact) mass is 464 g/mol. The van der Waals surface area contributed by atoms with Crippen molar-refractivity contribution in [3.8, 4) is 11.3 Å². The van der Waals surface area contributed by atoms with Gasteiger partial charge in [-0.15, -0.1) is 0 Å². The minimum Gasteiger partial charge on any atom is -0.320 e. The van der Waals surface area contributed by atoms with Crippen LogP contribution in [0.15, 0.2) is 42.9 Å². The molecule has 2 aromatic heterocycles. The number of carbonyl (C=O) groups excluding carboxylic acids is 1. The lowest BCUT2D eigenvalue weighted by molar-refractivity contribution is -0.0381. The second-order valence-corrected chi connectivity index (χ2v) is 7.91. The summed E-state index contributed by atoms with van der Waals surface area (Å²) in [5, 5.41) is 2.63. The van der Waals surface area contributed by atoms with Crippen LogP contribution < -0.4 is 5.32 Å². The molecule has 0 spiro atoms. The molecule has 0 bridgehead atoms. The summed E-state index contributed by atoms with van der Waals surface area (Å²) in [4.78, 5) is 24.5. The van der Waals surface area contributed by atoms with Crippen LogP contribution in [0.2, 0.25) is 5.28 Å². The molecular weight excluding hydrogens is 448 g/mol. The van der Waals surface area contributed by atoms with Gasteiger partial charge in [-0.2, -0.15) is 0 Å². The number of alkyl halides is 2. The van der Waals surface area contributed by atoms with E-state index in [1.807, 2.05) is 0 Å². The summed E-state index contributed by atoms with van der Waals surface area (Å²) in [6.45, 7) is 0. The summed E-state index contributed by atoms with van der Waals surface area (Å²) in [6, 6.07) is 4.49. The predicted octanol–water partition coefficient (Wildman–Crippen LogP) is 6.02. The molecule has 0 aliphatic heterocycles. The highest BCUT2D eigenvalue weighted by Gasteiger charge is 2.36. The van der Waals surface area contributed by atoms with Gasteiger partial charge < -0.3 is 5.32 Å². The van der Waals surface area contributed by atoms with Crippen molar-refractivity contribution in [2.45, 2.75) is 37.5 Å². The second-order valence-electron chi connectivity index (χ2n) is 7.57. The summed E-state index contributed by atoms with van der Waals surface area (Å²) in [5.74, 6) is -5.11. The van der Waals surface area contributed by atoms with Gasteiger partial charge in [0, 0.05) is 37.0 Å². The first kappa shape index (κ1) is 22.1. The molecule has 1 amide bonds. The lowest BCUT2D eigenvalue weighted by Crippen LogP contribution is -2.25. The van der Waals surface area contributed by atoms with Crippen molar-refractivity contribution < 1.29 is 22.4 Å². The zero-order valence-electron chi connectivity index (χ0n) is 16.6. The van der Waals surface area contributed by atoms with Gasteiger partial charge in [0.2, 0.25) is 11.2 Å². The Balaban J connectivity index is 1.79. The smallest absolute Gasteiger partial charge is 0.258 e. The molecule has 32 heavy (non-hydrogen) atoms. The van der Waals surface area contributed by atoms with Gasteiger partial charge in [-0.1, -0.05) is 0 Å². The average molecular weight is 465 g/mol. The molecule has 10 heteroatoms. The molecule has 1 N–H and O–H groups in total. The Bertz CT molecular complexity index is 1150. The van der Waals surface area contributed by atoms with Crippen molar-refractivity contribution >= 4 is 23.2 Å². The van der Waals surface area contributed by atoms with E-state index in [4.69, 9.17) is 11.6 Å². The van der Waals surface area contributed by atoms with E-state index in [2.05, 4.69) is 20.3 Å². The van der Waals surface area contributed by atoms with Gasteiger partial charge in [0.05, 0.1) is 16.9 Å². The zero-order chi connectivity index (χ0) is 22.9. The molecule has 0 atom stereocenters. The Morgan fingerprint density at radius 3 is 2.44 bits per heavy atom. The van der Waals surface area contributed by atoms with E-state index in [1.165, 1.54) is 18.6 Å². The van der Waals surface area contributed by atoms with E-state index >= 15 is 0 Å². The van der Waals surface area contributed by atoms with Crippen LogP contribution in [0, 0.1) is 11.6 Å². The number of pyridine rings is 1. The molecular formula is C22H17ClF4N4O. The van der Waals surface area contributed by atoms with Crippen molar-refractivity contribution in [2.24, 2.45) is 0 Å². The van der Waals surface area contributed by atoms with Crippen LogP contribution in [0.1, 0.15) is 47.5 Å². The van der Waals surface area contributed by atoms with Gasteiger partial charge in [-0.05, 0) is 60.2 Å². The van der Waals surface area contributed by atoms with Gasteiger partial charge in [0.1, 0.15) is 11.6 Å². The molecule has 5 nitrogen and oxygen atoms in total. The highest BCUT2D eigenvalue weighted by atomic mass is 35.5. The number of anilines is 1. The van der Waals surface area contributed by atoms with Gasteiger partial charge in [-0.25, -0.2) is 27.5 Å². The second kappa shape index (κ2) is 8.82. The van der Waals surface area contributed by atoms with Crippen LogP contribution >= 0.6 is 11.6 Å². The van der Waals surface area contributed by atoms with E-state index in [-0.39, 0.29) is 59.4 Å². The molecule has 1 aliphatic rings. The molecule has 2 heterocycles. The number of nitrogens with zero attached hydrogens (tertiary/aromatic N) is 3. The Morgan fingerprint density at radius 1 is 1.06 bits per heavy atom. The fourth-order valence-corrected chi connectivity index (χ4v) is 3.90. The number of aromatic nitrogens is 3. The fraction of sp³-hybridized carbons (Fsp3) is 0.273. The number of hydrogen-bond acceptors (Lipinski definition) is 4. The Kier molecular flexibility index (Phi) is 6.10. The Hall–Kier alpha value is -3.07. The quantitative estimate of drug-likeness (QED) is 0.379. The first-order chi connectivity index (χ1) is 15.2. The van der Waals surface area contributed by atoms with Crippen LogP contribution in [0.4, 0.5) is 23.2 Å². The third-order valence-electron chi connectivity index (χ3n) is 5.44. The van der Waals surface area contributed by atoms with Crippen molar-refractivity contribution in [3.05, 3.63) is 70.9 Å². The van der Waals surface area contributed by atoms with E-state index in [9.17, 15) is 22.4 Å². The first-order valence-corrected chi connectivity index (χ1v) is 10.2. The topological polar surface area (TPSA) is 67.8 Å². The number of rotatable bonds is 4. The van der Waals surface area contributed by atoms with Crippen molar-refractivity contribution in [3.63, 3.8) is 0 Å². The number of benzene rings is 1. The SMILES string of the molecule is O=C(Nc1c(C2CCC(F)(F)CC2)ccnc1-c1cc(F)ccc1F)c1cnc(Cl)nc1. The van der Waals surface area contributed by atoms with Crippen LogP contribution in [0.25, 0.3) is 11.3 Å². The summed E-state index contributed by atoms with van der Waals surface area (Å²) in [5.41, 5.74) is 0.574. The number of hydrogen-bond donors (Lipinski definition) is 1. The lowest BCUT2D eigenvalue weighted by atomic mass is 9.81. The maximum Gasteiger partial charge on any atom is 0.258 e. The minimum atomic E-state index is -2.74. The first-order valence-electron chi connectivity index (χ1n) is 9.84. The molecule has 1 fully saturated rings. The summed E-state index contributed by atoms with van der Waals surface area (Å²) < 4.78 is 55.8. The van der Waals surface area contributed by atoms with E-state index in [1.54, 1.807) is 6.07 Å². The zero-order valence-corrected chi connectivity index (χ0v) is 17.3. The van der Waals surface area contributed by atoms with E-state index < -0.39 is 23.5 Å². The third-order valence-corrected chi connectivity index (χ3v) is 5.64. The molecule has 3 aromatic rings. The maximum absolute atomic E-state index is 14.6. The highest BCUT2D eigenvalue weighted by molar-refractivity contribution is 6.28. The third kappa shape index (κ3) is 4.72. The standard InChI is InChI=1S/C22H17ClF4N4O/c23-21-29-10-13(11-30-21)20(32)31-19-15(12-3-6-22(26,27)7-4-12)5-8-28-18(19)16-9-14(24)1-2-17(16)25/h1-2,5,8-12H,3-4,6-7H2,(H,31,32). The fourth-order valence-electron chi connectivity index (χ4n) is 3.80. The molecule has 0 unspecified atom stereocenters. The van der Waals surface area contributed by atoms with Gasteiger partial charge >= 0.3 is 0 Å². The van der Waals surface area contributed by atoms with Crippen molar-refractivity contribution in [2.75, 3.05) is 5.32 Å². The van der Waals surface area contributed by atoms with Gasteiger partial charge in [-0.3, -0.25) is 9.78 Å². The van der Waals surface area contributed by atoms with Crippen molar-refractivity contribution in [1.82, 2.24) is 15.0 Å². The number of amides is 1. The summed E-state index contributed by atoms with van der Waals surface area (Å²) >= 11 is 5.66. The molecule has 1 aromatic carbocycles. The largest absolute Gasteiger partial charge is 0.320 e. The van der Waals surface area contributed by atoms with Crippen LogP contribution in [0.3, 0.4) is 0 Å². The van der Waals surface area contributed by atoms with E-state index in [0.29, 0.717) is 5.56 Å². The molecule has 0 saturated heterocycles.